The van der Waals surface area contributed by atoms with Gasteiger partial charge >= 0.3 is 0 Å². The number of nitrogens with one attached hydrogen (secondary N) is 1. The minimum absolute atomic E-state index is 0.144. The van der Waals surface area contributed by atoms with Crippen LogP contribution in [0.5, 0.6) is 5.88 Å². The molecule has 1 aromatic carbocycles. The number of morpholine rings is 1. The molecule has 0 saturated carbocycles. The van der Waals surface area contributed by atoms with Crippen LogP contribution in [-0.4, -0.2) is 63.8 Å². The van der Waals surface area contributed by atoms with Crippen LogP contribution in [0.2, 0.25) is 0 Å². The minimum atomic E-state index is -0.307. The molecule has 1 N–H and O–H groups in total. The predicted octanol–water partition coefficient (Wildman–Crippen LogP) is 4.09. The fraction of sp³-hybridized carbons (Fsp3) is 0.269. The van der Waals surface area contributed by atoms with Crippen LogP contribution >= 0.6 is 11.3 Å². The van der Waals surface area contributed by atoms with Crippen molar-refractivity contribution in [2.75, 3.05) is 38.2 Å². The molecule has 1 fully saturated rings. The molecule has 1 saturated heterocycles. The average Bonchev–Trinajstić information content (AvgIpc) is 3.41. The zero-order valence-electron chi connectivity index (χ0n) is 19.6. The monoisotopic (exact) mass is 502 g/mol. The first-order valence-electron chi connectivity index (χ1n) is 11.8. The lowest BCUT2D eigenvalue weighted by Gasteiger charge is -2.28. The van der Waals surface area contributed by atoms with Gasteiger partial charge in [-0.1, -0.05) is 41.7 Å². The van der Waals surface area contributed by atoms with E-state index in [1.165, 1.54) is 17.5 Å². The van der Waals surface area contributed by atoms with Crippen LogP contribution in [0.4, 0.5) is 5.13 Å². The minimum Gasteiger partial charge on any atom is -0.469 e. The maximum atomic E-state index is 12.7. The molecule has 1 atom stereocenters. The number of aromatic nitrogens is 4. The van der Waals surface area contributed by atoms with Crippen molar-refractivity contribution in [2.45, 2.75) is 12.5 Å². The number of carbonyl (C=O) groups excluding carboxylic acids is 1. The molecule has 184 valence electrons. The highest BCUT2D eigenvalue weighted by molar-refractivity contribution is 7.18. The number of ether oxygens (including phenoxy) is 2. The Hall–Kier alpha value is -3.73. The van der Waals surface area contributed by atoms with Crippen LogP contribution in [0.3, 0.4) is 0 Å². The van der Waals surface area contributed by atoms with Crippen molar-refractivity contribution < 1.29 is 14.3 Å². The number of rotatable bonds is 9. The van der Waals surface area contributed by atoms with Gasteiger partial charge in [0.25, 0.3) is 5.91 Å². The first kappa shape index (κ1) is 24.0. The number of hydrogen-bond acceptors (Lipinski definition) is 9. The van der Waals surface area contributed by atoms with Crippen molar-refractivity contribution in [2.24, 2.45) is 0 Å². The summed E-state index contributed by atoms with van der Waals surface area (Å²) in [5, 5.41) is 12.1. The molecule has 10 heteroatoms. The van der Waals surface area contributed by atoms with Gasteiger partial charge in [-0.2, -0.15) is 0 Å². The lowest BCUT2D eigenvalue weighted by molar-refractivity contribution is 0.0314. The van der Waals surface area contributed by atoms with Gasteiger partial charge in [0.05, 0.1) is 18.8 Å². The van der Waals surface area contributed by atoms with E-state index < -0.39 is 0 Å². The van der Waals surface area contributed by atoms with Gasteiger partial charge in [0.15, 0.2) is 0 Å². The lowest BCUT2D eigenvalue weighted by Crippen LogP contribution is -2.37. The van der Waals surface area contributed by atoms with E-state index in [-0.39, 0.29) is 12.0 Å². The molecule has 4 heterocycles. The summed E-state index contributed by atoms with van der Waals surface area (Å²) in [6, 6.07) is 17.3. The van der Waals surface area contributed by atoms with Gasteiger partial charge in [0.2, 0.25) is 11.0 Å². The SMILES string of the molecule is O=C(Nc1nnc(-c2ccncc2)s1)c1ccc(OC(CCN2CCOCC2)c2ccccc2)nc1. The number of amides is 1. The van der Waals surface area contributed by atoms with Gasteiger partial charge in [0, 0.05) is 56.3 Å². The second kappa shape index (κ2) is 11.8. The van der Waals surface area contributed by atoms with E-state index in [1.807, 2.05) is 30.3 Å². The maximum Gasteiger partial charge on any atom is 0.259 e. The number of hydrogen-bond donors (Lipinski definition) is 1. The Balaban J connectivity index is 1.21. The molecule has 1 aliphatic rings. The maximum absolute atomic E-state index is 12.7. The molecule has 1 unspecified atom stereocenters. The molecular weight excluding hydrogens is 476 g/mol. The Kier molecular flexibility index (Phi) is 7.86. The number of carbonyl (C=O) groups is 1. The average molecular weight is 503 g/mol. The van der Waals surface area contributed by atoms with E-state index >= 15 is 0 Å². The lowest BCUT2D eigenvalue weighted by atomic mass is 10.1. The van der Waals surface area contributed by atoms with Crippen molar-refractivity contribution >= 4 is 22.4 Å². The first-order valence-corrected chi connectivity index (χ1v) is 12.6. The van der Waals surface area contributed by atoms with E-state index in [0.717, 1.165) is 50.4 Å². The predicted molar refractivity (Wildman–Crippen MR) is 137 cm³/mol. The highest BCUT2D eigenvalue weighted by atomic mass is 32.1. The van der Waals surface area contributed by atoms with Crippen LogP contribution in [-0.2, 0) is 4.74 Å². The third-order valence-electron chi connectivity index (χ3n) is 5.82. The summed E-state index contributed by atoms with van der Waals surface area (Å²) in [7, 11) is 0. The van der Waals surface area contributed by atoms with Gasteiger partial charge in [-0.25, -0.2) is 4.98 Å². The summed E-state index contributed by atoms with van der Waals surface area (Å²) in [5.41, 5.74) is 2.40. The quantitative estimate of drug-likeness (QED) is 0.365. The zero-order chi connectivity index (χ0) is 24.6. The molecule has 5 rings (SSSR count). The number of anilines is 1. The molecule has 0 bridgehead atoms. The Morgan fingerprint density at radius 2 is 1.86 bits per heavy atom. The molecule has 9 nitrogen and oxygen atoms in total. The Labute approximate surface area is 213 Å². The molecule has 1 aliphatic heterocycles. The topological polar surface area (TPSA) is 102 Å². The fourth-order valence-corrected chi connectivity index (χ4v) is 4.61. The number of pyridine rings is 2. The zero-order valence-corrected chi connectivity index (χ0v) is 20.4. The van der Waals surface area contributed by atoms with Crippen molar-refractivity contribution in [3.8, 4) is 16.5 Å². The molecule has 0 spiro atoms. The summed E-state index contributed by atoms with van der Waals surface area (Å²) < 4.78 is 11.7. The highest BCUT2D eigenvalue weighted by Crippen LogP contribution is 2.27. The van der Waals surface area contributed by atoms with Crippen molar-refractivity contribution in [3.63, 3.8) is 0 Å². The molecule has 4 aromatic rings. The Morgan fingerprint density at radius 3 is 2.61 bits per heavy atom. The van der Waals surface area contributed by atoms with Gasteiger partial charge in [0.1, 0.15) is 11.1 Å². The van der Waals surface area contributed by atoms with E-state index in [1.54, 1.807) is 24.5 Å². The summed E-state index contributed by atoms with van der Waals surface area (Å²) in [5.74, 6) is 0.164. The van der Waals surface area contributed by atoms with E-state index in [9.17, 15) is 4.79 Å². The largest absolute Gasteiger partial charge is 0.469 e. The van der Waals surface area contributed by atoms with Crippen LogP contribution in [0, 0.1) is 0 Å². The number of nitrogens with zero attached hydrogens (tertiary/aromatic N) is 5. The van der Waals surface area contributed by atoms with E-state index in [2.05, 4.69) is 42.5 Å². The third kappa shape index (κ3) is 6.28. The van der Waals surface area contributed by atoms with Gasteiger partial charge in [-0.15, -0.1) is 10.2 Å². The summed E-state index contributed by atoms with van der Waals surface area (Å²) in [6.45, 7) is 4.31. The van der Waals surface area contributed by atoms with Crippen LogP contribution in [0.25, 0.3) is 10.6 Å². The van der Waals surface area contributed by atoms with Crippen LogP contribution < -0.4 is 10.1 Å². The molecule has 3 aromatic heterocycles. The first-order chi connectivity index (χ1) is 17.7. The van der Waals surface area contributed by atoms with Crippen molar-refractivity contribution in [1.82, 2.24) is 25.1 Å². The van der Waals surface area contributed by atoms with Crippen molar-refractivity contribution in [3.05, 3.63) is 84.3 Å². The molecule has 0 radical (unpaired) electrons. The summed E-state index contributed by atoms with van der Waals surface area (Å²) in [6.07, 6.45) is 5.57. The second-order valence-corrected chi connectivity index (χ2v) is 9.22. The molecular formula is C26H26N6O3S. The van der Waals surface area contributed by atoms with E-state index in [0.29, 0.717) is 21.6 Å². The van der Waals surface area contributed by atoms with Crippen molar-refractivity contribution in [1.29, 1.82) is 0 Å². The van der Waals surface area contributed by atoms with Crippen LogP contribution in [0.15, 0.2) is 73.2 Å². The Morgan fingerprint density at radius 1 is 1.06 bits per heavy atom. The van der Waals surface area contributed by atoms with Gasteiger partial charge in [-0.3, -0.25) is 20.0 Å². The molecule has 36 heavy (non-hydrogen) atoms. The smallest absolute Gasteiger partial charge is 0.259 e. The summed E-state index contributed by atoms with van der Waals surface area (Å²) in [4.78, 5) is 23.5. The summed E-state index contributed by atoms with van der Waals surface area (Å²) >= 11 is 1.30. The normalized spacial score (nSPS) is 14.8. The molecule has 1 amide bonds. The number of benzene rings is 1. The van der Waals surface area contributed by atoms with Gasteiger partial charge < -0.3 is 9.47 Å². The molecule has 0 aliphatic carbocycles. The highest BCUT2D eigenvalue weighted by Gasteiger charge is 2.18. The van der Waals surface area contributed by atoms with Crippen LogP contribution in [0.1, 0.15) is 28.4 Å². The standard InChI is InChI=1S/C26H26N6O3S/c33-24(29-26-31-30-25(36-26)20-8-11-27-12-9-20)21-6-7-23(28-18-21)35-22(19-4-2-1-3-5-19)10-13-32-14-16-34-17-15-32/h1-9,11-12,18,22H,10,13-17H2,(H,29,31,33). The van der Waals surface area contributed by atoms with E-state index in [4.69, 9.17) is 9.47 Å². The second-order valence-electron chi connectivity index (χ2n) is 8.25. The Bertz CT molecular complexity index is 1250. The fourth-order valence-electron chi connectivity index (χ4n) is 3.87. The van der Waals surface area contributed by atoms with Gasteiger partial charge in [-0.05, 0) is 23.8 Å². The third-order valence-corrected chi connectivity index (χ3v) is 6.70.